The van der Waals surface area contributed by atoms with Crippen molar-refractivity contribution < 1.29 is 18.9 Å². The highest BCUT2D eigenvalue weighted by atomic mass is 35.5. The van der Waals surface area contributed by atoms with Crippen molar-refractivity contribution in [1.29, 1.82) is 0 Å². The van der Waals surface area contributed by atoms with Crippen molar-refractivity contribution in [2.45, 2.75) is 32.7 Å². The molecule has 0 bridgehead atoms. The summed E-state index contributed by atoms with van der Waals surface area (Å²) in [7, 11) is 4.86. The Morgan fingerprint density at radius 2 is 1.52 bits per heavy atom. The predicted molar refractivity (Wildman–Crippen MR) is 95.4 cm³/mol. The quantitative estimate of drug-likeness (QED) is 0.587. The molecule has 1 N–H and O–H groups in total. The van der Waals surface area contributed by atoms with Crippen LogP contribution in [0.15, 0.2) is 12.1 Å². The van der Waals surface area contributed by atoms with Gasteiger partial charge in [0.2, 0.25) is 5.75 Å². The molecule has 0 fully saturated rings. The van der Waals surface area contributed by atoms with Crippen LogP contribution in [0.1, 0.15) is 31.7 Å². The Morgan fingerprint density at radius 1 is 0.913 bits per heavy atom. The topological polar surface area (TPSA) is 49.0 Å². The van der Waals surface area contributed by atoms with E-state index in [9.17, 15) is 0 Å². The summed E-state index contributed by atoms with van der Waals surface area (Å²) >= 11 is 0. The maximum Gasteiger partial charge on any atom is 0.203 e. The first-order valence-electron chi connectivity index (χ1n) is 7.84. The van der Waals surface area contributed by atoms with E-state index in [2.05, 4.69) is 12.2 Å². The van der Waals surface area contributed by atoms with Crippen LogP contribution >= 0.6 is 12.4 Å². The van der Waals surface area contributed by atoms with Gasteiger partial charge in [0.05, 0.1) is 21.3 Å². The van der Waals surface area contributed by atoms with E-state index in [1.165, 1.54) is 6.42 Å². The number of hydrogen-bond donors (Lipinski definition) is 1. The molecule has 1 aromatic rings. The summed E-state index contributed by atoms with van der Waals surface area (Å²) in [6, 6.07) is 3.93. The van der Waals surface area contributed by atoms with Gasteiger partial charge in [-0.25, -0.2) is 0 Å². The van der Waals surface area contributed by atoms with E-state index in [0.717, 1.165) is 44.7 Å². The molecule has 0 aromatic heterocycles. The number of halogens is 1. The molecule has 0 aliphatic rings. The summed E-state index contributed by atoms with van der Waals surface area (Å²) in [5.41, 5.74) is 1.10. The lowest BCUT2D eigenvalue weighted by molar-refractivity contribution is 0.129. The Labute approximate surface area is 146 Å². The molecule has 0 aliphatic heterocycles. The standard InChI is InChI=1S/C17H29NO4.ClH/c1-5-6-9-22-10-7-8-18-13-14-11-15(19-2)17(21-4)16(12-14)20-3;/h11-12,18H,5-10,13H2,1-4H3;1H. The molecule has 5 nitrogen and oxygen atoms in total. The molecular formula is C17H30ClNO4. The van der Waals surface area contributed by atoms with Crippen LogP contribution < -0.4 is 19.5 Å². The largest absolute Gasteiger partial charge is 0.493 e. The normalized spacial score (nSPS) is 10.1. The maximum atomic E-state index is 5.53. The smallest absolute Gasteiger partial charge is 0.203 e. The van der Waals surface area contributed by atoms with E-state index in [0.29, 0.717) is 17.2 Å². The van der Waals surface area contributed by atoms with Gasteiger partial charge in [0.25, 0.3) is 0 Å². The summed E-state index contributed by atoms with van der Waals surface area (Å²) in [4.78, 5) is 0. The molecule has 6 heteroatoms. The van der Waals surface area contributed by atoms with Crippen molar-refractivity contribution in [2.75, 3.05) is 41.1 Å². The highest BCUT2D eigenvalue weighted by Crippen LogP contribution is 2.38. The van der Waals surface area contributed by atoms with Crippen LogP contribution in [0, 0.1) is 0 Å². The van der Waals surface area contributed by atoms with E-state index in [4.69, 9.17) is 18.9 Å². The number of ether oxygens (including phenoxy) is 4. The summed E-state index contributed by atoms with van der Waals surface area (Å²) in [6.07, 6.45) is 3.33. The van der Waals surface area contributed by atoms with Crippen LogP contribution in [0.5, 0.6) is 17.2 Å². The second-order valence-electron chi connectivity index (χ2n) is 5.03. The minimum atomic E-state index is 0. The van der Waals surface area contributed by atoms with Crippen LogP contribution in [0.3, 0.4) is 0 Å². The average Bonchev–Trinajstić information content (AvgIpc) is 2.56. The van der Waals surface area contributed by atoms with Gasteiger partial charge in [0, 0.05) is 19.8 Å². The molecule has 0 spiro atoms. The third-order valence-corrected chi connectivity index (χ3v) is 3.34. The van der Waals surface area contributed by atoms with Gasteiger partial charge in [-0.05, 0) is 37.1 Å². The summed E-state index contributed by atoms with van der Waals surface area (Å²) in [5, 5.41) is 3.40. The van der Waals surface area contributed by atoms with Gasteiger partial charge in [-0.3, -0.25) is 0 Å². The molecule has 0 unspecified atom stereocenters. The highest BCUT2D eigenvalue weighted by molar-refractivity contribution is 5.85. The monoisotopic (exact) mass is 347 g/mol. The second kappa shape index (κ2) is 13.3. The van der Waals surface area contributed by atoms with Gasteiger partial charge in [0.15, 0.2) is 11.5 Å². The van der Waals surface area contributed by atoms with Crippen molar-refractivity contribution in [3.05, 3.63) is 17.7 Å². The molecule has 0 heterocycles. The Kier molecular flexibility index (Phi) is 12.6. The zero-order chi connectivity index (χ0) is 16.2. The summed E-state index contributed by atoms with van der Waals surface area (Å²) in [6.45, 7) is 5.52. The highest BCUT2D eigenvalue weighted by Gasteiger charge is 2.12. The van der Waals surface area contributed by atoms with Crippen molar-refractivity contribution in [3.63, 3.8) is 0 Å². The lowest BCUT2D eigenvalue weighted by Crippen LogP contribution is -2.16. The van der Waals surface area contributed by atoms with Gasteiger partial charge >= 0.3 is 0 Å². The molecule has 0 atom stereocenters. The fraction of sp³-hybridized carbons (Fsp3) is 0.647. The van der Waals surface area contributed by atoms with E-state index < -0.39 is 0 Å². The zero-order valence-electron chi connectivity index (χ0n) is 14.6. The summed E-state index contributed by atoms with van der Waals surface area (Å²) < 4.78 is 21.5. The van der Waals surface area contributed by atoms with Crippen molar-refractivity contribution in [1.82, 2.24) is 5.32 Å². The number of rotatable bonds is 12. The van der Waals surface area contributed by atoms with Gasteiger partial charge in [-0.15, -0.1) is 12.4 Å². The minimum absolute atomic E-state index is 0. The van der Waals surface area contributed by atoms with E-state index in [1.54, 1.807) is 21.3 Å². The molecule has 134 valence electrons. The molecule has 1 aromatic carbocycles. The number of unbranched alkanes of at least 4 members (excludes halogenated alkanes) is 1. The number of hydrogen-bond acceptors (Lipinski definition) is 5. The van der Waals surface area contributed by atoms with Crippen LogP contribution in [-0.2, 0) is 11.3 Å². The Hall–Kier alpha value is -1.17. The molecule has 23 heavy (non-hydrogen) atoms. The first-order valence-corrected chi connectivity index (χ1v) is 7.84. The van der Waals surface area contributed by atoms with Crippen LogP contribution in [-0.4, -0.2) is 41.1 Å². The van der Waals surface area contributed by atoms with Crippen molar-refractivity contribution >= 4 is 12.4 Å². The number of nitrogens with one attached hydrogen (secondary N) is 1. The molecule has 0 radical (unpaired) electrons. The lowest BCUT2D eigenvalue weighted by Gasteiger charge is -2.14. The first-order chi connectivity index (χ1) is 10.8. The summed E-state index contributed by atoms with van der Waals surface area (Å²) in [5.74, 6) is 1.99. The first kappa shape index (κ1) is 21.8. The van der Waals surface area contributed by atoms with E-state index in [-0.39, 0.29) is 12.4 Å². The van der Waals surface area contributed by atoms with E-state index in [1.807, 2.05) is 12.1 Å². The fourth-order valence-corrected chi connectivity index (χ4v) is 2.12. The zero-order valence-corrected chi connectivity index (χ0v) is 15.5. The van der Waals surface area contributed by atoms with Crippen LogP contribution in [0.2, 0.25) is 0 Å². The van der Waals surface area contributed by atoms with Gasteiger partial charge in [-0.2, -0.15) is 0 Å². The average molecular weight is 348 g/mol. The van der Waals surface area contributed by atoms with Crippen LogP contribution in [0.4, 0.5) is 0 Å². The Bertz CT molecular complexity index is 404. The van der Waals surface area contributed by atoms with Crippen molar-refractivity contribution in [3.8, 4) is 17.2 Å². The number of benzene rings is 1. The van der Waals surface area contributed by atoms with E-state index >= 15 is 0 Å². The Balaban J connectivity index is 0.00000484. The van der Waals surface area contributed by atoms with Crippen molar-refractivity contribution in [2.24, 2.45) is 0 Å². The molecule has 1 rings (SSSR count). The fourth-order valence-electron chi connectivity index (χ4n) is 2.12. The SMILES string of the molecule is CCCCOCCCNCc1cc(OC)c(OC)c(OC)c1.Cl. The number of methoxy groups -OCH3 is 3. The predicted octanol–water partition coefficient (Wildman–Crippen LogP) is 3.43. The molecule has 0 aliphatic carbocycles. The molecular weight excluding hydrogens is 318 g/mol. The molecule has 0 amide bonds. The third kappa shape index (κ3) is 7.77. The third-order valence-electron chi connectivity index (χ3n) is 3.34. The van der Waals surface area contributed by atoms with Gasteiger partial charge in [0.1, 0.15) is 0 Å². The van der Waals surface area contributed by atoms with Gasteiger partial charge in [-0.1, -0.05) is 13.3 Å². The Morgan fingerprint density at radius 3 is 2.04 bits per heavy atom. The van der Waals surface area contributed by atoms with Gasteiger partial charge < -0.3 is 24.3 Å². The van der Waals surface area contributed by atoms with Crippen LogP contribution in [0.25, 0.3) is 0 Å². The lowest BCUT2D eigenvalue weighted by atomic mass is 10.1. The minimum Gasteiger partial charge on any atom is -0.493 e. The molecule has 0 saturated carbocycles. The second-order valence-corrected chi connectivity index (χ2v) is 5.03. The molecule has 0 saturated heterocycles. The maximum absolute atomic E-state index is 5.53.